The first-order valence-corrected chi connectivity index (χ1v) is 5.08. The minimum absolute atomic E-state index is 0.216. The Morgan fingerprint density at radius 2 is 1.75 bits per heavy atom. The van der Waals surface area contributed by atoms with E-state index in [0.29, 0.717) is 6.42 Å². The number of hydrogen-bond acceptors (Lipinski definition) is 1. The van der Waals surface area contributed by atoms with Crippen LogP contribution < -0.4 is 0 Å². The lowest BCUT2D eigenvalue weighted by molar-refractivity contribution is -0.138. The predicted molar refractivity (Wildman–Crippen MR) is 56.5 cm³/mol. The van der Waals surface area contributed by atoms with Crippen molar-refractivity contribution in [1.29, 1.82) is 0 Å². The van der Waals surface area contributed by atoms with E-state index in [0.717, 1.165) is 6.07 Å². The summed E-state index contributed by atoms with van der Waals surface area (Å²) in [6.07, 6.45) is 0.305. The van der Waals surface area contributed by atoms with E-state index in [4.69, 9.17) is 5.11 Å². The normalized spacial score (nSPS) is 12.6. The molecular weight excluding hydrogens is 214 g/mol. The smallest absolute Gasteiger partial charge is 0.310 e. The SMILES string of the molecule is CCC(C(=O)O)c1c(C)c(F)cc(F)c1C. The fraction of sp³-hybridized carbons (Fsp3) is 0.417. The van der Waals surface area contributed by atoms with Gasteiger partial charge in [-0.15, -0.1) is 0 Å². The Morgan fingerprint density at radius 3 is 2.06 bits per heavy atom. The zero-order valence-electron chi connectivity index (χ0n) is 9.47. The van der Waals surface area contributed by atoms with E-state index < -0.39 is 23.5 Å². The first-order valence-electron chi connectivity index (χ1n) is 5.08. The summed E-state index contributed by atoms with van der Waals surface area (Å²) < 4.78 is 26.7. The lowest BCUT2D eigenvalue weighted by atomic mass is 9.88. The monoisotopic (exact) mass is 228 g/mol. The molecule has 0 saturated heterocycles. The maximum absolute atomic E-state index is 13.3. The lowest BCUT2D eigenvalue weighted by Gasteiger charge is -2.17. The summed E-state index contributed by atoms with van der Waals surface area (Å²) in [5, 5.41) is 9.01. The molecule has 0 amide bonds. The van der Waals surface area contributed by atoms with Crippen LogP contribution in [0.2, 0.25) is 0 Å². The van der Waals surface area contributed by atoms with Gasteiger partial charge in [0.15, 0.2) is 0 Å². The van der Waals surface area contributed by atoms with Gasteiger partial charge in [-0.25, -0.2) is 8.78 Å². The van der Waals surface area contributed by atoms with Gasteiger partial charge in [0.1, 0.15) is 11.6 Å². The molecule has 0 fully saturated rings. The van der Waals surface area contributed by atoms with Crippen molar-refractivity contribution >= 4 is 5.97 Å². The Labute approximate surface area is 92.9 Å². The van der Waals surface area contributed by atoms with Crippen LogP contribution in [0.4, 0.5) is 8.78 Å². The van der Waals surface area contributed by atoms with Crippen molar-refractivity contribution in [2.75, 3.05) is 0 Å². The van der Waals surface area contributed by atoms with Gasteiger partial charge in [0.05, 0.1) is 5.92 Å². The average molecular weight is 228 g/mol. The molecule has 1 atom stereocenters. The molecule has 1 N–H and O–H groups in total. The highest BCUT2D eigenvalue weighted by molar-refractivity contribution is 5.77. The minimum Gasteiger partial charge on any atom is -0.481 e. The van der Waals surface area contributed by atoms with Crippen LogP contribution >= 0.6 is 0 Å². The van der Waals surface area contributed by atoms with Crippen molar-refractivity contribution in [3.8, 4) is 0 Å². The van der Waals surface area contributed by atoms with Crippen LogP contribution in [0.25, 0.3) is 0 Å². The zero-order chi connectivity index (χ0) is 12.5. The van der Waals surface area contributed by atoms with E-state index in [1.165, 1.54) is 13.8 Å². The third-order valence-electron chi connectivity index (χ3n) is 2.83. The average Bonchev–Trinajstić information content (AvgIpc) is 2.21. The van der Waals surface area contributed by atoms with Crippen molar-refractivity contribution in [2.45, 2.75) is 33.1 Å². The summed E-state index contributed by atoms with van der Waals surface area (Å²) in [5.41, 5.74) is 0.689. The highest BCUT2D eigenvalue weighted by Gasteiger charge is 2.24. The van der Waals surface area contributed by atoms with Crippen molar-refractivity contribution in [2.24, 2.45) is 0 Å². The molecule has 4 heteroatoms. The third kappa shape index (κ3) is 2.05. The second-order valence-corrected chi connectivity index (χ2v) is 3.80. The van der Waals surface area contributed by atoms with Gasteiger partial charge in [0.25, 0.3) is 0 Å². The molecule has 1 unspecified atom stereocenters. The highest BCUT2D eigenvalue weighted by atomic mass is 19.1. The van der Waals surface area contributed by atoms with Gasteiger partial charge in [-0.05, 0) is 37.0 Å². The molecule has 0 aliphatic carbocycles. The number of rotatable bonds is 3. The van der Waals surface area contributed by atoms with Gasteiger partial charge in [-0.2, -0.15) is 0 Å². The van der Waals surface area contributed by atoms with Crippen LogP contribution in [0.5, 0.6) is 0 Å². The fourth-order valence-electron chi connectivity index (χ4n) is 1.89. The van der Waals surface area contributed by atoms with Crippen LogP contribution in [0.1, 0.15) is 36.0 Å². The number of carboxylic acid groups (broad SMARTS) is 1. The van der Waals surface area contributed by atoms with Crippen LogP contribution in [0.3, 0.4) is 0 Å². The molecule has 0 bridgehead atoms. The van der Waals surface area contributed by atoms with Crippen molar-refractivity contribution < 1.29 is 18.7 Å². The molecule has 1 aromatic carbocycles. The minimum atomic E-state index is -1.06. The number of carbonyl (C=O) groups is 1. The molecule has 88 valence electrons. The second-order valence-electron chi connectivity index (χ2n) is 3.80. The summed E-state index contributed by atoms with van der Waals surface area (Å²) in [6.45, 7) is 4.63. The van der Waals surface area contributed by atoms with Crippen LogP contribution in [-0.2, 0) is 4.79 Å². The molecule has 0 radical (unpaired) electrons. The summed E-state index contributed by atoms with van der Waals surface area (Å²) >= 11 is 0. The molecule has 0 aliphatic heterocycles. The van der Waals surface area contributed by atoms with E-state index in [1.54, 1.807) is 6.92 Å². The van der Waals surface area contributed by atoms with Crippen LogP contribution in [-0.4, -0.2) is 11.1 Å². The van der Waals surface area contributed by atoms with Crippen molar-refractivity contribution in [1.82, 2.24) is 0 Å². The quantitative estimate of drug-likeness (QED) is 0.862. The Bertz CT molecular complexity index is 401. The zero-order valence-corrected chi connectivity index (χ0v) is 9.47. The first-order chi connectivity index (χ1) is 7.40. The summed E-state index contributed by atoms with van der Waals surface area (Å²) in [4.78, 5) is 11.0. The van der Waals surface area contributed by atoms with Crippen LogP contribution in [0.15, 0.2) is 6.07 Å². The van der Waals surface area contributed by atoms with Gasteiger partial charge in [0.2, 0.25) is 0 Å². The fourth-order valence-corrected chi connectivity index (χ4v) is 1.89. The van der Waals surface area contributed by atoms with Crippen molar-refractivity contribution in [3.63, 3.8) is 0 Å². The Kier molecular flexibility index (Phi) is 3.62. The molecule has 16 heavy (non-hydrogen) atoms. The molecular formula is C12H14F2O2. The van der Waals surface area contributed by atoms with Gasteiger partial charge in [0, 0.05) is 6.07 Å². The molecule has 0 heterocycles. The Morgan fingerprint density at radius 1 is 1.31 bits per heavy atom. The molecule has 1 aromatic rings. The van der Waals surface area contributed by atoms with Crippen molar-refractivity contribution in [3.05, 3.63) is 34.4 Å². The van der Waals surface area contributed by atoms with Gasteiger partial charge in [-0.3, -0.25) is 4.79 Å². The number of hydrogen-bond donors (Lipinski definition) is 1. The highest BCUT2D eigenvalue weighted by Crippen LogP contribution is 2.30. The van der Waals surface area contributed by atoms with E-state index in [9.17, 15) is 13.6 Å². The van der Waals surface area contributed by atoms with E-state index in [1.807, 2.05) is 0 Å². The second kappa shape index (κ2) is 4.60. The molecule has 0 aromatic heterocycles. The van der Waals surface area contributed by atoms with E-state index in [-0.39, 0.29) is 16.7 Å². The predicted octanol–water partition coefficient (Wildman–Crippen LogP) is 3.16. The van der Waals surface area contributed by atoms with Gasteiger partial charge < -0.3 is 5.11 Å². The lowest BCUT2D eigenvalue weighted by Crippen LogP contribution is -2.15. The van der Waals surface area contributed by atoms with E-state index >= 15 is 0 Å². The largest absolute Gasteiger partial charge is 0.481 e. The third-order valence-corrected chi connectivity index (χ3v) is 2.83. The maximum Gasteiger partial charge on any atom is 0.310 e. The van der Waals surface area contributed by atoms with E-state index in [2.05, 4.69) is 0 Å². The summed E-state index contributed by atoms with van der Waals surface area (Å²) in [7, 11) is 0. The number of halogens is 2. The van der Waals surface area contributed by atoms with Gasteiger partial charge in [-0.1, -0.05) is 6.92 Å². The standard InChI is InChI=1S/C12H14F2O2/c1-4-8(12(15)16)11-6(2)9(13)5-10(14)7(11)3/h5,8H,4H2,1-3H3,(H,15,16). The number of benzene rings is 1. The topological polar surface area (TPSA) is 37.3 Å². The maximum atomic E-state index is 13.3. The first kappa shape index (κ1) is 12.6. The van der Waals surface area contributed by atoms with Gasteiger partial charge >= 0.3 is 5.97 Å². The number of carboxylic acids is 1. The molecule has 0 aliphatic rings. The Balaban J connectivity index is 3.47. The summed E-state index contributed by atoms with van der Waals surface area (Å²) in [6, 6.07) is 0.794. The molecule has 0 saturated carbocycles. The molecule has 1 rings (SSSR count). The van der Waals surface area contributed by atoms with Crippen LogP contribution in [0, 0.1) is 25.5 Å². The number of aliphatic carboxylic acids is 1. The molecule has 0 spiro atoms. The summed E-state index contributed by atoms with van der Waals surface area (Å²) in [5.74, 6) is -3.31. The Hall–Kier alpha value is -1.45. The molecule has 2 nitrogen and oxygen atoms in total.